The summed E-state index contributed by atoms with van der Waals surface area (Å²) in [6, 6.07) is 0. The molecule has 122 valence electrons. The van der Waals surface area contributed by atoms with Crippen LogP contribution < -0.4 is 5.73 Å². The highest BCUT2D eigenvalue weighted by Crippen LogP contribution is 2.43. The van der Waals surface area contributed by atoms with Gasteiger partial charge in [0.1, 0.15) is 4.21 Å². The summed E-state index contributed by atoms with van der Waals surface area (Å²) in [5.74, 6) is 0.139. The Morgan fingerprint density at radius 3 is 2.36 bits per heavy atom. The summed E-state index contributed by atoms with van der Waals surface area (Å²) in [6.07, 6.45) is 7.51. The quantitative estimate of drug-likeness (QED) is 0.892. The molecular formula is C16H23NO3S2. The molecule has 1 aromatic heterocycles. The monoisotopic (exact) mass is 341 g/mol. The molecule has 0 bridgehead atoms. The van der Waals surface area contributed by atoms with Crippen LogP contribution in [0.4, 0.5) is 0 Å². The van der Waals surface area contributed by atoms with E-state index in [2.05, 4.69) is 0 Å². The van der Waals surface area contributed by atoms with Gasteiger partial charge in [-0.05, 0) is 50.0 Å². The minimum Gasteiger partial charge on any atom is -0.366 e. The number of rotatable bonds is 5. The van der Waals surface area contributed by atoms with Gasteiger partial charge in [-0.15, -0.1) is 11.3 Å². The standard InChI is InChI=1S/C16H23NO3S2/c1-10-13(12-5-3-2-4-6-12)14(15(17)18)16(21-10)22(19,20)9-11-7-8-11/h11-12H,2-9H2,1H3,(H2,17,18). The molecule has 1 amide bonds. The molecule has 0 aromatic carbocycles. The molecule has 2 N–H and O–H groups in total. The van der Waals surface area contributed by atoms with Gasteiger partial charge in [0.15, 0.2) is 9.84 Å². The van der Waals surface area contributed by atoms with Crippen molar-refractivity contribution in [2.75, 3.05) is 5.75 Å². The number of aryl methyl sites for hydroxylation is 1. The zero-order valence-electron chi connectivity index (χ0n) is 12.9. The van der Waals surface area contributed by atoms with Crippen LogP contribution in [0.2, 0.25) is 0 Å². The van der Waals surface area contributed by atoms with Gasteiger partial charge < -0.3 is 5.73 Å². The Hall–Kier alpha value is -0.880. The Morgan fingerprint density at radius 1 is 1.18 bits per heavy atom. The van der Waals surface area contributed by atoms with E-state index in [4.69, 9.17) is 5.73 Å². The maximum absolute atomic E-state index is 12.7. The molecule has 0 atom stereocenters. The fourth-order valence-corrected chi connectivity index (χ4v) is 7.22. The van der Waals surface area contributed by atoms with Crippen LogP contribution in [0.1, 0.15) is 71.7 Å². The number of primary amides is 1. The van der Waals surface area contributed by atoms with Crippen molar-refractivity contribution in [3.05, 3.63) is 16.0 Å². The van der Waals surface area contributed by atoms with Crippen molar-refractivity contribution in [1.82, 2.24) is 0 Å². The second-order valence-corrected chi connectivity index (χ2v) is 10.1. The summed E-state index contributed by atoms with van der Waals surface area (Å²) >= 11 is 1.25. The molecule has 2 fully saturated rings. The molecule has 1 heterocycles. The minimum atomic E-state index is -3.40. The van der Waals surface area contributed by atoms with Gasteiger partial charge >= 0.3 is 0 Å². The van der Waals surface area contributed by atoms with Gasteiger partial charge in [-0.2, -0.15) is 0 Å². The molecule has 2 aliphatic rings. The molecule has 4 nitrogen and oxygen atoms in total. The maximum Gasteiger partial charge on any atom is 0.251 e. The SMILES string of the molecule is Cc1sc(S(=O)(=O)CC2CC2)c(C(N)=O)c1C1CCCCC1. The van der Waals surface area contributed by atoms with Gasteiger partial charge in [-0.3, -0.25) is 4.79 Å². The van der Waals surface area contributed by atoms with E-state index >= 15 is 0 Å². The van der Waals surface area contributed by atoms with E-state index in [-0.39, 0.29) is 21.8 Å². The lowest BCUT2D eigenvalue weighted by molar-refractivity contribution is 0.0996. The predicted octanol–water partition coefficient (Wildman–Crippen LogP) is 3.39. The zero-order chi connectivity index (χ0) is 15.9. The first-order valence-corrected chi connectivity index (χ1v) is 10.5. The van der Waals surface area contributed by atoms with Crippen LogP contribution in [0.3, 0.4) is 0 Å². The number of carbonyl (C=O) groups is 1. The second-order valence-electron chi connectivity index (χ2n) is 6.66. The normalized spacial score (nSPS) is 20.2. The average molecular weight is 341 g/mol. The van der Waals surface area contributed by atoms with Crippen LogP contribution in [-0.4, -0.2) is 20.1 Å². The molecule has 2 saturated carbocycles. The lowest BCUT2D eigenvalue weighted by Crippen LogP contribution is -2.20. The Bertz CT molecular complexity index is 680. The highest BCUT2D eigenvalue weighted by Gasteiger charge is 2.36. The molecule has 22 heavy (non-hydrogen) atoms. The van der Waals surface area contributed by atoms with Crippen molar-refractivity contribution < 1.29 is 13.2 Å². The lowest BCUT2D eigenvalue weighted by atomic mass is 9.82. The Balaban J connectivity index is 2.05. The number of sulfone groups is 1. The predicted molar refractivity (Wildman–Crippen MR) is 88.2 cm³/mol. The smallest absolute Gasteiger partial charge is 0.251 e. The van der Waals surface area contributed by atoms with Crippen LogP contribution >= 0.6 is 11.3 Å². The first-order chi connectivity index (χ1) is 10.4. The van der Waals surface area contributed by atoms with E-state index in [1.54, 1.807) is 0 Å². The van der Waals surface area contributed by atoms with Crippen molar-refractivity contribution >= 4 is 27.1 Å². The molecule has 0 unspecified atom stereocenters. The first kappa shape index (κ1) is 16.0. The van der Waals surface area contributed by atoms with Gasteiger partial charge in [0.2, 0.25) is 0 Å². The second kappa shape index (κ2) is 5.96. The first-order valence-electron chi connectivity index (χ1n) is 8.06. The van der Waals surface area contributed by atoms with E-state index < -0.39 is 15.7 Å². The van der Waals surface area contributed by atoms with Crippen LogP contribution in [0.25, 0.3) is 0 Å². The number of carbonyl (C=O) groups excluding carboxylic acids is 1. The van der Waals surface area contributed by atoms with Crippen molar-refractivity contribution in [2.45, 2.75) is 62.0 Å². The number of hydrogen-bond acceptors (Lipinski definition) is 4. The summed E-state index contributed by atoms with van der Waals surface area (Å²) in [6.45, 7) is 1.93. The lowest BCUT2D eigenvalue weighted by Gasteiger charge is -2.23. The highest BCUT2D eigenvalue weighted by atomic mass is 32.2. The van der Waals surface area contributed by atoms with Crippen LogP contribution in [-0.2, 0) is 9.84 Å². The molecule has 6 heteroatoms. The number of amides is 1. The largest absolute Gasteiger partial charge is 0.366 e. The topological polar surface area (TPSA) is 77.2 Å². The zero-order valence-corrected chi connectivity index (χ0v) is 14.6. The third kappa shape index (κ3) is 3.08. The molecule has 3 rings (SSSR count). The number of nitrogens with two attached hydrogens (primary N) is 1. The summed E-state index contributed by atoms with van der Waals surface area (Å²) in [4.78, 5) is 13.0. The Labute approximate surface area is 136 Å². The molecule has 0 aliphatic heterocycles. The molecule has 0 radical (unpaired) electrons. The fraction of sp³-hybridized carbons (Fsp3) is 0.688. The summed E-state index contributed by atoms with van der Waals surface area (Å²) in [7, 11) is -3.40. The van der Waals surface area contributed by atoms with E-state index in [1.165, 1.54) is 17.8 Å². The van der Waals surface area contributed by atoms with Crippen LogP contribution in [0.15, 0.2) is 4.21 Å². The van der Waals surface area contributed by atoms with Gasteiger partial charge in [-0.1, -0.05) is 19.3 Å². The van der Waals surface area contributed by atoms with Gasteiger partial charge in [0.05, 0.1) is 11.3 Å². The fourth-order valence-electron chi connectivity index (χ4n) is 3.54. The summed E-state index contributed by atoms with van der Waals surface area (Å²) in [5, 5.41) is 0. The van der Waals surface area contributed by atoms with Crippen LogP contribution in [0, 0.1) is 12.8 Å². The molecule has 0 spiro atoms. The van der Waals surface area contributed by atoms with E-state index in [1.807, 2.05) is 6.92 Å². The van der Waals surface area contributed by atoms with Crippen molar-refractivity contribution in [3.8, 4) is 0 Å². The Morgan fingerprint density at radius 2 is 1.82 bits per heavy atom. The van der Waals surface area contributed by atoms with Gasteiger partial charge in [-0.25, -0.2) is 8.42 Å². The minimum absolute atomic E-state index is 0.164. The summed E-state index contributed by atoms with van der Waals surface area (Å²) < 4.78 is 25.5. The van der Waals surface area contributed by atoms with Crippen LogP contribution in [0.5, 0.6) is 0 Å². The third-order valence-electron chi connectivity index (χ3n) is 4.79. The molecule has 2 aliphatic carbocycles. The molecule has 0 saturated heterocycles. The Kier molecular flexibility index (Phi) is 4.34. The third-order valence-corrected chi connectivity index (χ3v) is 8.40. The van der Waals surface area contributed by atoms with Crippen molar-refractivity contribution in [3.63, 3.8) is 0 Å². The summed E-state index contributed by atoms with van der Waals surface area (Å²) in [5.41, 5.74) is 6.81. The number of hydrogen-bond donors (Lipinski definition) is 1. The van der Waals surface area contributed by atoms with Crippen molar-refractivity contribution in [2.24, 2.45) is 11.7 Å². The van der Waals surface area contributed by atoms with Gasteiger partial charge in [0.25, 0.3) is 5.91 Å². The molecule has 1 aromatic rings. The number of thiophene rings is 1. The van der Waals surface area contributed by atoms with E-state index in [0.717, 1.165) is 49.0 Å². The maximum atomic E-state index is 12.7. The average Bonchev–Trinajstić information content (AvgIpc) is 3.18. The van der Waals surface area contributed by atoms with E-state index in [0.29, 0.717) is 5.56 Å². The van der Waals surface area contributed by atoms with Crippen molar-refractivity contribution in [1.29, 1.82) is 0 Å². The van der Waals surface area contributed by atoms with Gasteiger partial charge in [0, 0.05) is 4.88 Å². The molecular weight excluding hydrogens is 318 g/mol. The highest BCUT2D eigenvalue weighted by molar-refractivity contribution is 7.93. The van der Waals surface area contributed by atoms with E-state index in [9.17, 15) is 13.2 Å².